The van der Waals surface area contributed by atoms with E-state index in [4.69, 9.17) is 28.7 Å². The van der Waals surface area contributed by atoms with Crippen molar-refractivity contribution in [1.82, 2.24) is 0 Å². The molecule has 0 bridgehead atoms. The second-order valence-corrected chi connectivity index (χ2v) is 17.4. The average molecular weight is 717 g/mol. The summed E-state index contributed by atoms with van der Waals surface area (Å²) in [6.07, 6.45) is 21.3. The third-order valence-electron chi connectivity index (χ3n) is 12.9. The first-order valence-corrected chi connectivity index (χ1v) is 21.0. The summed E-state index contributed by atoms with van der Waals surface area (Å²) in [6, 6.07) is 12.4. The Kier molecular flexibility index (Phi) is 13.3. The van der Waals surface area contributed by atoms with E-state index in [0.29, 0.717) is 24.4 Å². The van der Waals surface area contributed by atoms with Crippen molar-refractivity contribution in [1.29, 1.82) is 0 Å². The van der Waals surface area contributed by atoms with Crippen LogP contribution in [-0.2, 0) is 23.9 Å². The Balaban J connectivity index is 0.772. The number of unbranched alkanes of at least 4 members (excludes halogenated alkanes) is 4. The molecule has 7 heteroatoms. The van der Waals surface area contributed by atoms with Crippen molar-refractivity contribution in [2.45, 2.75) is 135 Å². The highest BCUT2D eigenvalue weighted by Crippen LogP contribution is 2.47. The number of esters is 1. The molecule has 0 N–H and O–H groups in total. The van der Waals surface area contributed by atoms with E-state index in [1.807, 2.05) is 12.1 Å². The molecule has 4 fully saturated rings. The van der Waals surface area contributed by atoms with E-state index in [0.717, 1.165) is 82.7 Å². The van der Waals surface area contributed by atoms with E-state index in [9.17, 15) is 4.79 Å². The van der Waals surface area contributed by atoms with Gasteiger partial charge >= 0.3 is 5.97 Å². The largest absolute Gasteiger partial charge is 0.426 e. The first-order chi connectivity index (χ1) is 25.4. The quantitative estimate of drug-likeness (QED) is 0.0337. The Hall–Kier alpha value is -2.45. The molecular formula is C45H64O7. The number of epoxide rings is 1. The summed E-state index contributed by atoms with van der Waals surface area (Å²) in [7, 11) is 0. The lowest BCUT2D eigenvalue weighted by Crippen LogP contribution is -2.43. The van der Waals surface area contributed by atoms with Crippen molar-refractivity contribution in [2.75, 3.05) is 39.6 Å². The SMILES string of the molecule is CC1c2cc(OOCC3CCC(CCCC4CO4)CC3)ccc2-c2ccc(OC(=O)C3CCC(CCCCCCCOCC4(C)COC4)CC3)cc21. The second kappa shape index (κ2) is 18.3. The van der Waals surface area contributed by atoms with E-state index >= 15 is 0 Å². The third kappa shape index (κ3) is 10.4. The number of fused-ring (bicyclic) bond motifs is 3. The molecule has 2 heterocycles. The van der Waals surface area contributed by atoms with Crippen LogP contribution < -0.4 is 9.62 Å². The summed E-state index contributed by atoms with van der Waals surface area (Å²) in [4.78, 5) is 24.8. The number of benzene rings is 2. The molecule has 3 aliphatic carbocycles. The van der Waals surface area contributed by atoms with Gasteiger partial charge in [-0.2, -0.15) is 4.89 Å². The molecule has 0 aromatic heterocycles. The van der Waals surface area contributed by atoms with E-state index in [-0.39, 0.29) is 23.2 Å². The highest BCUT2D eigenvalue weighted by Gasteiger charge is 2.34. The van der Waals surface area contributed by atoms with E-state index in [2.05, 4.69) is 38.1 Å². The van der Waals surface area contributed by atoms with Crippen LogP contribution in [0.1, 0.15) is 140 Å². The average Bonchev–Trinajstić information content (AvgIpc) is 3.94. The Labute approximate surface area is 312 Å². The molecule has 2 saturated heterocycles. The summed E-state index contributed by atoms with van der Waals surface area (Å²) >= 11 is 0. The number of hydrogen-bond acceptors (Lipinski definition) is 7. The monoisotopic (exact) mass is 716 g/mol. The molecule has 2 unspecified atom stereocenters. The normalized spacial score (nSPS) is 27.3. The lowest BCUT2D eigenvalue weighted by atomic mass is 9.80. The zero-order valence-electron chi connectivity index (χ0n) is 32.0. The van der Waals surface area contributed by atoms with Crippen LogP contribution in [0.5, 0.6) is 11.5 Å². The van der Waals surface area contributed by atoms with Gasteiger partial charge in [-0.15, -0.1) is 0 Å². The van der Waals surface area contributed by atoms with Crippen LogP contribution in [0.4, 0.5) is 0 Å². The maximum Gasteiger partial charge on any atom is 0.314 e. The van der Waals surface area contributed by atoms with Gasteiger partial charge in [0.15, 0.2) is 5.75 Å². The number of ether oxygens (including phenoxy) is 4. The van der Waals surface area contributed by atoms with Crippen molar-refractivity contribution in [3.8, 4) is 22.6 Å². The van der Waals surface area contributed by atoms with Gasteiger partial charge in [-0.1, -0.05) is 83.8 Å². The lowest BCUT2D eigenvalue weighted by molar-refractivity contribution is -0.218. The lowest BCUT2D eigenvalue weighted by Gasteiger charge is -2.37. The number of rotatable bonds is 20. The Morgan fingerprint density at radius 2 is 1.37 bits per heavy atom. The highest BCUT2D eigenvalue weighted by molar-refractivity contribution is 5.81. The predicted molar refractivity (Wildman–Crippen MR) is 204 cm³/mol. The van der Waals surface area contributed by atoms with Gasteiger partial charge in [0.1, 0.15) is 5.75 Å². The summed E-state index contributed by atoms with van der Waals surface area (Å²) in [5, 5.41) is 0. The fourth-order valence-corrected chi connectivity index (χ4v) is 9.23. The Bertz CT molecular complexity index is 1430. The van der Waals surface area contributed by atoms with Gasteiger partial charge in [0.2, 0.25) is 0 Å². The van der Waals surface area contributed by atoms with Crippen LogP contribution in [0.15, 0.2) is 36.4 Å². The van der Waals surface area contributed by atoms with E-state index < -0.39 is 0 Å². The molecule has 5 aliphatic rings. The topological polar surface area (TPSA) is 75.8 Å². The molecule has 2 atom stereocenters. The number of hydrogen-bond donors (Lipinski definition) is 0. The number of carbonyl (C=O) groups is 1. The predicted octanol–water partition coefficient (Wildman–Crippen LogP) is 10.6. The van der Waals surface area contributed by atoms with Crippen molar-refractivity contribution in [3.05, 3.63) is 47.5 Å². The van der Waals surface area contributed by atoms with Gasteiger partial charge in [0.05, 0.1) is 45.1 Å². The van der Waals surface area contributed by atoms with Crippen molar-refractivity contribution >= 4 is 5.97 Å². The molecule has 2 aliphatic heterocycles. The standard InChI is InChI=1S/C45H64O7/c1-32-42-25-37(51-44(46)36-18-16-33(17-19-36)9-6-4-3-5-7-24-47-29-45(2)30-48-31-45)20-22-40(42)41-23-21-38(26-43(32)41)52-50-27-35-14-12-34(13-15-35)10-8-11-39-28-49-39/h20-23,25-26,32-36,39H,3-19,24,27-31H2,1-2H3. The van der Waals surface area contributed by atoms with Crippen molar-refractivity contribution in [3.63, 3.8) is 0 Å². The molecule has 7 rings (SSSR count). The smallest absolute Gasteiger partial charge is 0.314 e. The van der Waals surface area contributed by atoms with Crippen molar-refractivity contribution < 1.29 is 33.5 Å². The first kappa shape index (κ1) is 37.8. The van der Waals surface area contributed by atoms with Crippen LogP contribution in [0.2, 0.25) is 0 Å². The molecule has 2 aromatic rings. The molecule has 2 saturated carbocycles. The second-order valence-electron chi connectivity index (χ2n) is 17.4. The maximum atomic E-state index is 13.2. The van der Waals surface area contributed by atoms with Gasteiger partial charge in [0.25, 0.3) is 0 Å². The fraction of sp³-hybridized carbons (Fsp3) is 0.711. The Morgan fingerprint density at radius 1 is 0.750 bits per heavy atom. The minimum atomic E-state index is -0.0624. The zero-order valence-corrected chi connectivity index (χ0v) is 32.0. The minimum Gasteiger partial charge on any atom is -0.426 e. The van der Waals surface area contributed by atoms with Gasteiger partial charge in [-0.05, 0) is 116 Å². The summed E-state index contributed by atoms with van der Waals surface area (Å²) in [5.41, 5.74) is 5.11. The third-order valence-corrected chi connectivity index (χ3v) is 12.9. The van der Waals surface area contributed by atoms with Crippen LogP contribution in [0.25, 0.3) is 11.1 Å². The Morgan fingerprint density at radius 3 is 2.06 bits per heavy atom. The maximum absolute atomic E-state index is 13.2. The number of carbonyl (C=O) groups excluding carboxylic acids is 1. The van der Waals surface area contributed by atoms with Gasteiger partial charge in [-0.3, -0.25) is 4.79 Å². The summed E-state index contributed by atoms with van der Waals surface area (Å²) < 4.78 is 22.5. The summed E-state index contributed by atoms with van der Waals surface area (Å²) in [5.74, 6) is 3.75. The summed E-state index contributed by atoms with van der Waals surface area (Å²) in [6.45, 7) is 9.48. The van der Waals surface area contributed by atoms with E-state index in [1.165, 1.54) is 99.3 Å². The molecule has 52 heavy (non-hydrogen) atoms. The molecule has 0 radical (unpaired) electrons. The van der Waals surface area contributed by atoms with Gasteiger partial charge in [0, 0.05) is 17.9 Å². The van der Waals surface area contributed by atoms with Gasteiger partial charge in [-0.25, -0.2) is 0 Å². The fourth-order valence-electron chi connectivity index (χ4n) is 9.23. The molecule has 286 valence electrons. The van der Waals surface area contributed by atoms with Crippen LogP contribution in [-0.4, -0.2) is 51.7 Å². The van der Waals surface area contributed by atoms with Gasteiger partial charge < -0.3 is 23.8 Å². The zero-order chi connectivity index (χ0) is 35.8. The van der Waals surface area contributed by atoms with Crippen LogP contribution in [0, 0.1) is 29.1 Å². The minimum absolute atomic E-state index is 0.00936. The molecule has 7 nitrogen and oxygen atoms in total. The van der Waals surface area contributed by atoms with Crippen LogP contribution >= 0.6 is 0 Å². The highest BCUT2D eigenvalue weighted by atomic mass is 17.2. The molecule has 0 amide bonds. The van der Waals surface area contributed by atoms with Crippen molar-refractivity contribution in [2.24, 2.45) is 29.1 Å². The molecule has 0 spiro atoms. The molecule has 2 aromatic carbocycles. The first-order valence-electron chi connectivity index (χ1n) is 21.0. The van der Waals surface area contributed by atoms with E-state index in [1.54, 1.807) is 0 Å². The molecular weight excluding hydrogens is 652 g/mol. The van der Waals surface area contributed by atoms with Crippen LogP contribution in [0.3, 0.4) is 0 Å².